The first kappa shape index (κ1) is 15.1. The number of hydrogen-bond donors (Lipinski definition) is 2. The molecule has 1 aliphatic rings. The van der Waals surface area contributed by atoms with E-state index < -0.39 is 0 Å². The maximum absolute atomic E-state index is 12.3. The minimum atomic E-state index is -0.336. The fraction of sp³-hybridized carbons (Fsp3) is 0.286. The molecule has 0 unspecified atom stereocenters. The summed E-state index contributed by atoms with van der Waals surface area (Å²) in [6.07, 6.45) is -0.280. The van der Waals surface area contributed by atoms with Crippen molar-refractivity contribution in [3.05, 3.63) is 55.9 Å². The number of nitrogens with zero attached hydrogens (tertiary/aromatic N) is 1. The highest BCUT2D eigenvalue weighted by atomic mass is 35.5. The molecule has 0 spiro atoms. The van der Waals surface area contributed by atoms with Crippen LogP contribution in [0.3, 0.4) is 0 Å². The molecule has 0 bridgehead atoms. The van der Waals surface area contributed by atoms with E-state index in [-0.39, 0.29) is 23.3 Å². The number of nitrogens with one attached hydrogen (secondary N) is 2. The molecule has 1 saturated heterocycles. The van der Waals surface area contributed by atoms with E-state index in [9.17, 15) is 9.59 Å². The molecular formula is C14H13Cl2N3O3. The highest BCUT2D eigenvalue weighted by Gasteiger charge is 2.27. The van der Waals surface area contributed by atoms with Gasteiger partial charge in [-0.2, -0.15) is 0 Å². The van der Waals surface area contributed by atoms with Gasteiger partial charge in [-0.15, -0.1) is 0 Å². The number of carbonyl (C=O) groups excluding carboxylic acids is 1. The van der Waals surface area contributed by atoms with E-state index >= 15 is 0 Å². The molecule has 3 rings (SSSR count). The Morgan fingerprint density at radius 3 is 2.73 bits per heavy atom. The van der Waals surface area contributed by atoms with Gasteiger partial charge >= 0.3 is 0 Å². The Labute approximate surface area is 136 Å². The zero-order valence-corrected chi connectivity index (χ0v) is 12.9. The number of H-pyrrole nitrogens is 2. The zero-order valence-electron chi connectivity index (χ0n) is 11.4. The number of aromatic amines is 2. The highest BCUT2D eigenvalue weighted by Crippen LogP contribution is 2.29. The number of benzene rings is 1. The van der Waals surface area contributed by atoms with Crippen molar-refractivity contribution in [2.75, 3.05) is 19.7 Å². The van der Waals surface area contributed by atoms with Crippen LogP contribution >= 0.6 is 23.2 Å². The Kier molecular flexibility index (Phi) is 4.24. The van der Waals surface area contributed by atoms with Crippen LogP contribution in [-0.4, -0.2) is 40.7 Å². The van der Waals surface area contributed by atoms with Crippen molar-refractivity contribution in [2.24, 2.45) is 0 Å². The van der Waals surface area contributed by atoms with Crippen LogP contribution in [0.2, 0.25) is 10.0 Å². The second-order valence-corrected chi connectivity index (χ2v) is 5.77. The quantitative estimate of drug-likeness (QED) is 0.879. The number of aromatic nitrogens is 2. The molecule has 2 heterocycles. The van der Waals surface area contributed by atoms with E-state index in [2.05, 4.69) is 10.2 Å². The summed E-state index contributed by atoms with van der Waals surface area (Å²) < 4.78 is 5.70. The van der Waals surface area contributed by atoms with E-state index in [1.165, 1.54) is 6.07 Å². The second kappa shape index (κ2) is 6.16. The van der Waals surface area contributed by atoms with Crippen molar-refractivity contribution in [3.63, 3.8) is 0 Å². The number of halogens is 2. The molecule has 1 amide bonds. The molecular weight excluding hydrogens is 329 g/mol. The predicted octanol–water partition coefficient (Wildman–Crippen LogP) is 2.22. The molecule has 22 heavy (non-hydrogen) atoms. The average Bonchev–Trinajstić information content (AvgIpc) is 2.96. The van der Waals surface area contributed by atoms with Gasteiger partial charge in [0, 0.05) is 12.6 Å². The second-order valence-electron chi connectivity index (χ2n) is 4.96. The van der Waals surface area contributed by atoms with Crippen molar-refractivity contribution < 1.29 is 9.53 Å². The van der Waals surface area contributed by atoms with Crippen molar-refractivity contribution in [3.8, 4) is 0 Å². The number of carbonyl (C=O) groups is 1. The molecule has 2 N–H and O–H groups in total. The van der Waals surface area contributed by atoms with Gasteiger partial charge in [0.2, 0.25) is 0 Å². The van der Waals surface area contributed by atoms with E-state index in [1.54, 1.807) is 17.0 Å². The summed E-state index contributed by atoms with van der Waals surface area (Å²) >= 11 is 11.9. The third-order valence-electron chi connectivity index (χ3n) is 3.50. The fourth-order valence-electron chi connectivity index (χ4n) is 2.37. The molecule has 1 aliphatic heterocycles. The summed E-state index contributed by atoms with van der Waals surface area (Å²) in [6.45, 7) is 1.25. The molecule has 0 aliphatic carbocycles. The molecule has 1 aromatic heterocycles. The fourth-order valence-corrected chi connectivity index (χ4v) is 2.67. The Morgan fingerprint density at radius 2 is 2.05 bits per heavy atom. The standard InChI is InChI=1S/C14H13Cl2N3O3/c15-9-2-1-8(5-10(9)16)12-7-19(3-4-22-12)14(21)11-6-13(20)18-17-11/h1-2,5-6,12H,3-4,7H2,(H2,17,18,20)/t12-/m1/s1. The van der Waals surface area contributed by atoms with Crippen LogP contribution in [0, 0.1) is 0 Å². The topological polar surface area (TPSA) is 78.2 Å². The molecule has 0 saturated carbocycles. The van der Waals surface area contributed by atoms with Gasteiger partial charge in [0.25, 0.3) is 11.5 Å². The number of amides is 1. The van der Waals surface area contributed by atoms with Crippen LogP contribution in [0.4, 0.5) is 0 Å². The van der Waals surface area contributed by atoms with Gasteiger partial charge in [-0.3, -0.25) is 19.8 Å². The van der Waals surface area contributed by atoms with Crippen LogP contribution < -0.4 is 5.56 Å². The number of rotatable bonds is 2. The van der Waals surface area contributed by atoms with Crippen LogP contribution in [0.5, 0.6) is 0 Å². The molecule has 1 aromatic carbocycles. The lowest BCUT2D eigenvalue weighted by Crippen LogP contribution is -2.42. The van der Waals surface area contributed by atoms with Crippen molar-refractivity contribution in [1.29, 1.82) is 0 Å². The van der Waals surface area contributed by atoms with Gasteiger partial charge in [-0.05, 0) is 17.7 Å². The van der Waals surface area contributed by atoms with Crippen molar-refractivity contribution in [1.82, 2.24) is 15.1 Å². The summed E-state index contributed by atoms with van der Waals surface area (Å²) in [5.74, 6) is -0.244. The number of ether oxygens (including phenoxy) is 1. The molecule has 1 atom stereocenters. The normalized spacial score (nSPS) is 18.5. The summed E-state index contributed by atoms with van der Waals surface area (Å²) in [4.78, 5) is 25.1. The van der Waals surface area contributed by atoms with E-state index in [4.69, 9.17) is 27.9 Å². The van der Waals surface area contributed by atoms with Gasteiger partial charge in [-0.25, -0.2) is 0 Å². The molecule has 116 valence electrons. The third kappa shape index (κ3) is 3.04. The third-order valence-corrected chi connectivity index (χ3v) is 4.23. The summed E-state index contributed by atoms with van der Waals surface area (Å²) in [5.41, 5.74) is 0.756. The summed E-state index contributed by atoms with van der Waals surface area (Å²) in [5, 5.41) is 5.84. The van der Waals surface area contributed by atoms with E-state index in [1.807, 2.05) is 6.07 Å². The minimum absolute atomic E-state index is 0.236. The molecule has 2 aromatic rings. The van der Waals surface area contributed by atoms with Gasteiger partial charge in [0.15, 0.2) is 0 Å². The number of morpholine rings is 1. The van der Waals surface area contributed by atoms with Gasteiger partial charge in [-0.1, -0.05) is 29.3 Å². The van der Waals surface area contributed by atoms with E-state index in [0.29, 0.717) is 29.7 Å². The van der Waals surface area contributed by atoms with Crippen LogP contribution in [0.15, 0.2) is 29.1 Å². The van der Waals surface area contributed by atoms with E-state index in [0.717, 1.165) is 5.56 Å². The van der Waals surface area contributed by atoms with Gasteiger partial charge in [0.05, 0.1) is 23.2 Å². The predicted molar refractivity (Wildman–Crippen MR) is 82.5 cm³/mol. The van der Waals surface area contributed by atoms with Crippen LogP contribution in [0.25, 0.3) is 0 Å². The maximum atomic E-state index is 12.3. The first-order valence-electron chi connectivity index (χ1n) is 6.68. The van der Waals surface area contributed by atoms with Gasteiger partial charge < -0.3 is 9.64 Å². The highest BCUT2D eigenvalue weighted by molar-refractivity contribution is 6.42. The maximum Gasteiger partial charge on any atom is 0.272 e. The van der Waals surface area contributed by atoms with Crippen LogP contribution in [-0.2, 0) is 4.74 Å². The smallest absolute Gasteiger partial charge is 0.272 e. The Morgan fingerprint density at radius 1 is 1.23 bits per heavy atom. The van der Waals surface area contributed by atoms with Crippen molar-refractivity contribution in [2.45, 2.75) is 6.10 Å². The van der Waals surface area contributed by atoms with Crippen LogP contribution in [0.1, 0.15) is 22.2 Å². The first-order chi connectivity index (χ1) is 10.5. The Balaban J connectivity index is 1.77. The Bertz CT molecular complexity index is 756. The monoisotopic (exact) mass is 341 g/mol. The lowest BCUT2D eigenvalue weighted by molar-refractivity contribution is -0.0230. The lowest BCUT2D eigenvalue weighted by Gasteiger charge is -2.33. The Hall–Kier alpha value is -1.76. The number of hydrogen-bond acceptors (Lipinski definition) is 3. The largest absolute Gasteiger partial charge is 0.370 e. The first-order valence-corrected chi connectivity index (χ1v) is 7.43. The van der Waals surface area contributed by atoms with Crippen molar-refractivity contribution >= 4 is 29.1 Å². The lowest BCUT2D eigenvalue weighted by atomic mass is 10.1. The zero-order chi connectivity index (χ0) is 15.7. The van der Waals surface area contributed by atoms with Gasteiger partial charge in [0.1, 0.15) is 11.8 Å². The summed E-state index contributed by atoms with van der Waals surface area (Å²) in [6, 6.07) is 6.50. The minimum Gasteiger partial charge on any atom is -0.370 e. The molecule has 6 nitrogen and oxygen atoms in total. The molecule has 0 radical (unpaired) electrons. The molecule has 1 fully saturated rings. The molecule has 8 heteroatoms. The SMILES string of the molecule is O=C(c1cc(=O)[nH][nH]1)N1CCO[C@@H](c2ccc(Cl)c(Cl)c2)C1. The average molecular weight is 342 g/mol. The summed E-state index contributed by atoms with van der Waals surface area (Å²) in [7, 11) is 0.